The molecule has 0 amide bonds. The Balaban J connectivity index is 2.00. The lowest BCUT2D eigenvalue weighted by Crippen LogP contribution is -2.05. The highest BCUT2D eigenvalue weighted by atomic mass is 32.2. The summed E-state index contributed by atoms with van der Waals surface area (Å²) in [5, 5.41) is 0. The molecule has 0 saturated heterocycles. The minimum atomic E-state index is -1.03. The number of benzene rings is 1. The molecule has 0 aliphatic heterocycles. The van der Waals surface area contributed by atoms with Crippen LogP contribution in [-0.2, 0) is 27.0 Å². The zero-order valence-electron chi connectivity index (χ0n) is 12.0. The normalized spacial score (nSPS) is 11.9. The lowest BCUT2D eigenvalue weighted by atomic mass is 10.1. The van der Waals surface area contributed by atoms with Crippen LogP contribution in [0.2, 0.25) is 0 Å². The van der Waals surface area contributed by atoms with E-state index in [9.17, 15) is 9.00 Å². The van der Waals surface area contributed by atoms with Crippen LogP contribution in [0.4, 0.5) is 0 Å². The highest BCUT2D eigenvalue weighted by Crippen LogP contribution is 2.12. The molecular formula is C16H17NO3S. The van der Waals surface area contributed by atoms with Crippen LogP contribution in [0.5, 0.6) is 0 Å². The molecule has 0 saturated carbocycles. The van der Waals surface area contributed by atoms with Crippen LogP contribution in [-0.4, -0.2) is 22.3 Å². The number of hydrogen-bond donors (Lipinski definition) is 0. The van der Waals surface area contributed by atoms with Crippen molar-refractivity contribution in [2.75, 3.05) is 7.11 Å². The number of pyridine rings is 1. The second-order valence-electron chi connectivity index (χ2n) is 4.68. The lowest BCUT2D eigenvalue weighted by molar-refractivity contribution is 0.0600. The lowest BCUT2D eigenvalue weighted by Gasteiger charge is -2.06. The van der Waals surface area contributed by atoms with Gasteiger partial charge in [0, 0.05) is 22.7 Å². The molecule has 0 radical (unpaired) electrons. The molecule has 2 rings (SSSR count). The van der Waals surface area contributed by atoms with Crippen molar-refractivity contribution < 1.29 is 13.7 Å². The molecule has 1 heterocycles. The van der Waals surface area contributed by atoms with E-state index in [1.165, 1.54) is 13.3 Å². The van der Waals surface area contributed by atoms with Crippen LogP contribution in [0.15, 0.2) is 42.6 Å². The van der Waals surface area contributed by atoms with Gasteiger partial charge in [0.25, 0.3) is 0 Å². The number of carbonyl (C=O) groups is 1. The van der Waals surface area contributed by atoms with Gasteiger partial charge in [0.05, 0.1) is 24.1 Å². The van der Waals surface area contributed by atoms with E-state index >= 15 is 0 Å². The molecule has 0 fully saturated rings. The van der Waals surface area contributed by atoms with E-state index in [4.69, 9.17) is 0 Å². The zero-order valence-corrected chi connectivity index (χ0v) is 12.9. The summed E-state index contributed by atoms with van der Waals surface area (Å²) in [5.41, 5.74) is 3.32. The van der Waals surface area contributed by atoms with Crippen LogP contribution >= 0.6 is 0 Å². The summed E-state index contributed by atoms with van der Waals surface area (Å²) in [5.74, 6) is 0.457. The Hall–Kier alpha value is -2.01. The first-order valence-electron chi connectivity index (χ1n) is 6.53. The number of nitrogens with zero attached hydrogens (tertiary/aromatic N) is 1. The van der Waals surface area contributed by atoms with E-state index in [0.717, 1.165) is 11.1 Å². The fourth-order valence-electron chi connectivity index (χ4n) is 1.91. The van der Waals surface area contributed by atoms with Crippen LogP contribution < -0.4 is 0 Å². The summed E-state index contributed by atoms with van der Waals surface area (Å²) < 4.78 is 16.8. The number of hydrogen-bond acceptors (Lipinski definition) is 4. The second kappa shape index (κ2) is 7.13. The van der Waals surface area contributed by atoms with E-state index < -0.39 is 16.8 Å². The van der Waals surface area contributed by atoms with Gasteiger partial charge in [-0.05, 0) is 30.2 Å². The summed E-state index contributed by atoms with van der Waals surface area (Å²) >= 11 is 0. The largest absolute Gasteiger partial charge is 0.465 e. The van der Waals surface area contributed by atoms with Gasteiger partial charge in [-0.15, -0.1) is 0 Å². The SMILES string of the molecule is COC(=O)c1ccc(CS(=O)Cc2ccccc2C)nc1. The Morgan fingerprint density at radius 3 is 2.57 bits per heavy atom. The van der Waals surface area contributed by atoms with Crippen molar-refractivity contribution in [2.45, 2.75) is 18.4 Å². The fraction of sp³-hybridized carbons (Fsp3) is 0.250. The van der Waals surface area contributed by atoms with Crippen LogP contribution in [0.25, 0.3) is 0 Å². The summed E-state index contributed by atoms with van der Waals surface area (Å²) in [6, 6.07) is 11.3. The summed E-state index contributed by atoms with van der Waals surface area (Å²) in [6.07, 6.45) is 1.45. The van der Waals surface area contributed by atoms with Gasteiger partial charge in [0.1, 0.15) is 0 Å². The van der Waals surface area contributed by atoms with Gasteiger partial charge in [-0.3, -0.25) is 9.19 Å². The first-order chi connectivity index (χ1) is 10.1. The molecule has 1 aromatic heterocycles. The third-order valence-corrected chi connectivity index (χ3v) is 4.38. The van der Waals surface area contributed by atoms with Crippen molar-refractivity contribution in [1.82, 2.24) is 4.98 Å². The maximum atomic E-state index is 12.2. The van der Waals surface area contributed by atoms with Gasteiger partial charge < -0.3 is 4.74 Å². The Labute approximate surface area is 126 Å². The third kappa shape index (κ3) is 4.23. The molecule has 21 heavy (non-hydrogen) atoms. The van der Waals surface area contributed by atoms with Gasteiger partial charge in [-0.2, -0.15) is 0 Å². The first kappa shape index (κ1) is 15.4. The van der Waals surface area contributed by atoms with Gasteiger partial charge in [0.2, 0.25) is 0 Å². The van der Waals surface area contributed by atoms with E-state index in [2.05, 4.69) is 9.72 Å². The van der Waals surface area contributed by atoms with Crippen LogP contribution in [0.1, 0.15) is 27.2 Å². The van der Waals surface area contributed by atoms with E-state index in [1.807, 2.05) is 31.2 Å². The Morgan fingerprint density at radius 1 is 1.19 bits per heavy atom. The van der Waals surface area contributed by atoms with Crippen molar-refractivity contribution in [3.8, 4) is 0 Å². The predicted octanol–water partition coefficient (Wildman–Crippen LogP) is 2.63. The molecule has 0 aliphatic carbocycles. The number of ether oxygens (including phenoxy) is 1. The minimum absolute atomic E-state index is 0.371. The third-order valence-electron chi connectivity index (χ3n) is 3.13. The average molecular weight is 303 g/mol. The van der Waals surface area contributed by atoms with Crippen LogP contribution in [0, 0.1) is 6.92 Å². The molecular weight excluding hydrogens is 286 g/mol. The predicted molar refractivity (Wildman–Crippen MR) is 82.3 cm³/mol. The van der Waals surface area contributed by atoms with Gasteiger partial charge in [-0.1, -0.05) is 24.3 Å². The second-order valence-corrected chi connectivity index (χ2v) is 6.14. The van der Waals surface area contributed by atoms with Gasteiger partial charge in [-0.25, -0.2) is 4.79 Å². The highest BCUT2D eigenvalue weighted by molar-refractivity contribution is 7.83. The molecule has 2 aromatic rings. The Morgan fingerprint density at radius 2 is 1.95 bits per heavy atom. The molecule has 1 atom stereocenters. The van der Waals surface area contributed by atoms with Gasteiger partial charge in [0.15, 0.2) is 0 Å². The van der Waals surface area contributed by atoms with Crippen molar-refractivity contribution in [2.24, 2.45) is 0 Å². The number of esters is 1. The average Bonchev–Trinajstić information content (AvgIpc) is 2.49. The number of carbonyl (C=O) groups excluding carboxylic acids is 1. The maximum absolute atomic E-state index is 12.2. The summed E-state index contributed by atoms with van der Waals surface area (Å²) in [6.45, 7) is 2.01. The van der Waals surface area contributed by atoms with Crippen molar-refractivity contribution >= 4 is 16.8 Å². The topological polar surface area (TPSA) is 56.3 Å². The van der Waals surface area contributed by atoms with Gasteiger partial charge >= 0.3 is 5.97 Å². The monoisotopic (exact) mass is 303 g/mol. The first-order valence-corrected chi connectivity index (χ1v) is 8.01. The standard InChI is InChI=1S/C16H17NO3S/c1-12-5-3-4-6-14(12)10-21(19)11-15-8-7-13(9-17-15)16(18)20-2/h3-9H,10-11H2,1-2H3. The fourth-order valence-corrected chi connectivity index (χ4v) is 3.18. The molecule has 110 valence electrons. The zero-order chi connectivity index (χ0) is 15.2. The van der Waals surface area contributed by atoms with Crippen molar-refractivity contribution in [3.05, 3.63) is 65.0 Å². The number of methoxy groups -OCH3 is 1. The molecule has 1 aromatic carbocycles. The molecule has 1 unspecified atom stereocenters. The molecule has 0 aliphatic rings. The Bertz CT molecular complexity index is 653. The molecule has 0 spiro atoms. The number of aryl methyl sites for hydroxylation is 1. The number of rotatable bonds is 5. The highest BCUT2D eigenvalue weighted by Gasteiger charge is 2.09. The maximum Gasteiger partial charge on any atom is 0.339 e. The quantitative estimate of drug-likeness (QED) is 0.797. The molecule has 4 nitrogen and oxygen atoms in total. The number of aromatic nitrogens is 1. The smallest absolute Gasteiger partial charge is 0.339 e. The van der Waals surface area contributed by atoms with Crippen molar-refractivity contribution in [1.29, 1.82) is 0 Å². The van der Waals surface area contributed by atoms with Crippen molar-refractivity contribution in [3.63, 3.8) is 0 Å². The minimum Gasteiger partial charge on any atom is -0.465 e. The summed E-state index contributed by atoms with van der Waals surface area (Å²) in [7, 11) is 0.297. The van der Waals surface area contributed by atoms with E-state index in [0.29, 0.717) is 22.8 Å². The summed E-state index contributed by atoms with van der Waals surface area (Å²) in [4.78, 5) is 15.5. The van der Waals surface area contributed by atoms with E-state index in [-0.39, 0.29) is 0 Å². The molecule has 0 bridgehead atoms. The van der Waals surface area contributed by atoms with Crippen LogP contribution in [0.3, 0.4) is 0 Å². The van der Waals surface area contributed by atoms with E-state index in [1.54, 1.807) is 12.1 Å². The Kier molecular flexibility index (Phi) is 5.22. The molecule has 0 N–H and O–H groups in total. The molecule has 5 heteroatoms.